The van der Waals surface area contributed by atoms with Crippen LogP contribution in [0.3, 0.4) is 0 Å². The van der Waals surface area contributed by atoms with Gasteiger partial charge in [0.1, 0.15) is 5.82 Å². The molecule has 1 N–H and O–H groups in total. The number of nitrogens with zero attached hydrogens (tertiary/aromatic N) is 4. The van der Waals surface area contributed by atoms with E-state index in [1.807, 2.05) is 12.1 Å². The first kappa shape index (κ1) is 16.4. The molecule has 0 aromatic carbocycles. The number of ketones is 1. The molecule has 6 heteroatoms. The van der Waals surface area contributed by atoms with E-state index in [4.69, 9.17) is 0 Å². The molecule has 23 heavy (non-hydrogen) atoms. The number of carbonyl (C=O) groups excluding carboxylic acids is 1. The highest BCUT2D eigenvalue weighted by Crippen LogP contribution is 2.22. The van der Waals surface area contributed by atoms with Crippen molar-refractivity contribution in [3.63, 3.8) is 0 Å². The fraction of sp³-hybridized carbons (Fsp3) is 0.647. The molecule has 1 aromatic rings. The average Bonchev–Trinajstić information content (AvgIpc) is 2.56. The van der Waals surface area contributed by atoms with Crippen molar-refractivity contribution in [3.8, 4) is 0 Å². The summed E-state index contributed by atoms with van der Waals surface area (Å²) in [5.74, 6) is 0.865. The van der Waals surface area contributed by atoms with Crippen LogP contribution in [-0.2, 0) is 0 Å². The molecule has 2 fully saturated rings. The van der Waals surface area contributed by atoms with Crippen LogP contribution in [0.15, 0.2) is 18.3 Å². The fourth-order valence-electron chi connectivity index (χ4n) is 3.49. The Hall–Kier alpha value is -1.50. The largest absolute Gasteiger partial charge is 0.390 e. The third-order valence-electron chi connectivity index (χ3n) is 5.03. The first-order valence-electron chi connectivity index (χ1n) is 8.37. The highest BCUT2D eigenvalue weighted by Gasteiger charge is 2.33. The van der Waals surface area contributed by atoms with Crippen LogP contribution in [0.1, 0.15) is 23.7 Å². The topological polar surface area (TPSA) is 59.9 Å². The number of rotatable bonds is 3. The van der Waals surface area contributed by atoms with Crippen molar-refractivity contribution >= 4 is 11.6 Å². The van der Waals surface area contributed by atoms with Crippen LogP contribution in [0, 0.1) is 0 Å². The van der Waals surface area contributed by atoms with Gasteiger partial charge in [0.25, 0.3) is 0 Å². The Bertz CT molecular complexity index is 540. The first-order chi connectivity index (χ1) is 11.0. The summed E-state index contributed by atoms with van der Waals surface area (Å²) in [4.78, 5) is 22.6. The van der Waals surface area contributed by atoms with Crippen LogP contribution in [0.4, 0.5) is 5.82 Å². The van der Waals surface area contributed by atoms with Gasteiger partial charge in [-0.25, -0.2) is 4.98 Å². The van der Waals surface area contributed by atoms with Crippen molar-refractivity contribution in [1.29, 1.82) is 0 Å². The third kappa shape index (κ3) is 3.71. The third-order valence-corrected chi connectivity index (χ3v) is 5.03. The maximum atomic E-state index is 11.3. The highest BCUT2D eigenvalue weighted by atomic mass is 16.3. The number of Topliss-reactive ketones (excluding diaryl/α,β-unsaturated/α-hetero) is 1. The normalized spacial score (nSPS) is 27.2. The molecular formula is C17H26N4O2. The van der Waals surface area contributed by atoms with Crippen LogP contribution >= 0.6 is 0 Å². The first-order valence-corrected chi connectivity index (χ1v) is 8.37. The zero-order valence-electron chi connectivity index (χ0n) is 14.0. The van der Waals surface area contributed by atoms with Gasteiger partial charge < -0.3 is 14.9 Å². The summed E-state index contributed by atoms with van der Waals surface area (Å²) in [5, 5.41) is 10.6. The van der Waals surface area contributed by atoms with E-state index in [0.717, 1.165) is 45.0 Å². The van der Waals surface area contributed by atoms with Crippen LogP contribution in [0.25, 0.3) is 0 Å². The Balaban J connectivity index is 1.60. The SMILES string of the molecule is CC(=O)c1ccc(N2CC[C@@H](N3CCN(C)CC3)[C@H](O)C2)nc1. The van der Waals surface area contributed by atoms with Crippen molar-refractivity contribution < 1.29 is 9.90 Å². The molecule has 2 saturated heterocycles. The second-order valence-electron chi connectivity index (χ2n) is 6.67. The Labute approximate surface area is 137 Å². The van der Waals surface area contributed by atoms with Crippen LogP contribution < -0.4 is 4.90 Å². The Morgan fingerprint density at radius 3 is 2.52 bits per heavy atom. The van der Waals surface area contributed by atoms with Gasteiger partial charge in [-0.2, -0.15) is 0 Å². The number of aliphatic hydroxyl groups excluding tert-OH is 1. The van der Waals surface area contributed by atoms with Crippen molar-refractivity contribution in [2.24, 2.45) is 0 Å². The lowest BCUT2D eigenvalue weighted by atomic mass is 9.99. The predicted molar refractivity (Wildman–Crippen MR) is 89.9 cm³/mol. The smallest absolute Gasteiger partial charge is 0.161 e. The maximum absolute atomic E-state index is 11.3. The lowest BCUT2D eigenvalue weighted by molar-refractivity contribution is 0.0138. The molecule has 2 atom stereocenters. The van der Waals surface area contributed by atoms with E-state index in [1.54, 1.807) is 13.1 Å². The molecule has 0 spiro atoms. The zero-order chi connectivity index (χ0) is 16.4. The summed E-state index contributed by atoms with van der Waals surface area (Å²) in [6.45, 7) is 7.24. The molecule has 2 aliphatic rings. The number of hydrogen-bond donors (Lipinski definition) is 1. The van der Waals surface area contributed by atoms with Crippen LogP contribution in [0.5, 0.6) is 0 Å². The van der Waals surface area contributed by atoms with Gasteiger partial charge in [0.05, 0.1) is 6.10 Å². The average molecular weight is 318 g/mol. The minimum atomic E-state index is -0.360. The number of anilines is 1. The minimum absolute atomic E-state index is 0.0258. The Morgan fingerprint density at radius 1 is 1.22 bits per heavy atom. The molecule has 0 saturated carbocycles. The van der Waals surface area contributed by atoms with Crippen molar-refractivity contribution in [2.75, 3.05) is 51.2 Å². The number of carbonyl (C=O) groups is 1. The summed E-state index contributed by atoms with van der Waals surface area (Å²) in [5.41, 5.74) is 0.627. The molecule has 0 radical (unpaired) electrons. The summed E-state index contributed by atoms with van der Waals surface area (Å²) >= 11 is 0. The van der Waals surface area contributed by atoms with Crippen molar-refractivity contribution in [2.45, 2.75) is 25.5 Å². The number of aliphatic hydroxyl groups is 1. The number of pyridine rings is 1. The predicted octanol–water partition coefficient (Wildman–Crippen LogP) is 0.471. The van der Waals surface area contributed by atoms with Crippen molar-refractivity contribution in [1.82, 2.24) is 14.8 Å². The molecule has 126 valence electrons. The molecule has 3 heterocycles. The molecule has 0 unspecified atom stereocenters. The van der Waals surface area contributed by atoms with E-state index in [0.29, 0.717) is 12.1 Å². The molecular weight excluding hydrogens is 292 g/mol. The van der Waals surface area contributed by atoms with Crippen LogP contribution in [-0.4, -0.2) is 84.1 Å². The Kier molecular flexibility index (Phi) is 4.94. The van der Waals surface area contributed by atoms with E-state index in [9.17, 15) is 9.90 Å². The monoisotopic (exact) mass is 318 g/mol. The summed E-state index contributed by atoms with van der Waals surface area (Å²) < 4.78 is 0. The summed E-state index contributed by atoms with van der Waals surface area (Å²) in [7, 11) is 2.15. The maximum Gasteiger partial charge on any atom is 0.161 e. The van der Waals surface area contributed by atoms with Gasteiger partial charge in [-0.1, -0.05) is 0 Å². The van der Waals surface area contributed by atoms with Gasteiger partial charge >= 0.3 is 0 Å². The van der Waals surface area contributed by atoms with Crippen LogP contribution in [0.2, 0.25) is 0 Å². The van der Waals surface area contributed by atoms with E-state index in [1.165, 1.54) is 0 Å². The van der Waals surface area contributed by atoms with Gasteiger partial charge in [-0.05, 0) is 32.5 Å². The standard InChI is InChI=1S/C17H26N4O2/c1-13(22)14-3-4-17(18-11-14)21-6-5-15(16(23)12-21)20-9-7-19(2)8-10-20/h3-4,11,15-16,23H,5-10,12H2,1-2H3/t15-,16-/m1/s1. The lowest BCUT2D eigenvalue weighted by Gasteiger charge is -2.44. The number of hydrogen-bond acceptors (Lipinski definition) is 6. The molecule has 1 aromatic heterocycles. The lowest BCUT2D eigenvalue weighted by Crippen LogP contribution is -2.58. The number of piperazine rings is 1. The van der Waals surface area contributed by atoms with Gasteiger partial charge in [-0.15, -0.1) is 0 Å². The number of likely N-dealkylation sites (N-methyl/N-ethyl adjacent to an activating group) is 1. The van der Waals surface area contributed by atoms with E-state index in [2.05, 4.69) is 26.7 Å². The van der Waals surface area contributed by atoms with E-state index < -0.39 is 0 Å². The second kappa shape index (κ2) is 6.95. The van der Waals surface area contributed by atoms with E-state index >= 15 is 0 Å². The zero-order valence-corrected chi connectivity index (χ0v) is 14.0. The minimum Gasteiger partial charge on any atom is -0.390 e. The molecule has 6 nitrogen and oxygen atoms in total. The second-order valence-corrected chi connectivity index (χ2v) is 6.67. The van der Waals surface area contributed by atoms with Gasteiger partial charge in [0, 0.05) is 57.1 Å². The molecule has 0 aliphatic carbocycles. The number of piperidine rings is 1. The fourth-order valence-corrected chi connectivity index (χ4v) is 3.49. The van der Waals surface area contributed by atoms with Gasteiger partial charge in [0.15, 0.2) is 5.78 Å². The summed E-state index contributed by atoms with van der Waals surface area (Å²) in [6.07, 6.45) is 2.21. The quantitative estimate of drug-likeness (QED) is 0.818. The Morgan fingerprint density at radius 2 is 1.96 bits per heavy atom. The molecule has 3 rings (SSSR count). The highest BCUT2D eigenvalue weighted by molar-refractivity contribution is 5.93. The van der Waals surface area contributed by atoms with Gasteiger partial charge in [0.2, 0.25) is 0 Å². The van der Waals surface area contributed by atoms with E-state index in [-0.39, 0.29) is 17.9 Å². The number of β-amino-alcohol motifs (C(OH)–C–C–N with tert-alkyl or cyclic N) is 1. The van der Waals surface area contributed by atoms with Gasteiger partial charge in [-0.3, -0.25) is 9.69 Å². The summed E-state index contributed by atoms with van der Waals surface area (Å²) in [6, 6.07) is 3.93. The molecule has 2 aliphatic heterocycles. The molecule has 0 amide bonds. The number of aromatic nitrogens is 1. The molecule has 0 bridgehead atoms. The van der Waals surface area contributed by atoms with Crippen molar-refractivity contribution in [3.05, 3.63) is 23.9 Å².